The maximum Gasteiger partial charge on any atom is 0.107 e. The van der Waals surface area contributed by atoms with Gasteiger partial charge in [-0.05, 0) is 22.4 Å². The van der Waals surface area contributed by atoms with Gasteiger partial charge in [-0.15, -0.1) is 0 Å². The topological polar surface area (TPSA) is 12.0 Å². The lowest BCUT2D eigenvalue weighted by molar-refractivity contribution is 1.19. The molecule has 0 amide bonds. The molecular formula is C16H21NSSi. The SMILES string of the molecule is CNC(=S)c1c(C[Si](C)(C)C)ccc2ccccc12. The van der Waals surface area contributed by atoms with Crippen molar-refractivity contribution in [3.05, 3.63) is 47.5 Å². The predicted molar refractivity (Wildman–Crippen MR) is 91.8 cm³/mol. The molecule has 0 saturated carbocycles. The minimum Gasteiger partial charge on any atom is -0.379 e. The molecule has 0 radical (unpaired) electrons. The fourth-order valence-electron chi connectivity index (χ4n) is 2.43. The van der Waals surface area contributed by atoms with Gasteiger partial charge in [-0.25, -0.2) is 0 Å². The van der Waals surface area contributed by atoms with Crippen LogP contribution in [-0.2, 0) is 6.04 Å². The van der Waals surface area contributed by atoms with Gasteiger partial charge in [0.25, 0.3) is 0 Å². The Morgan fingerprint density at radius 1 is 1.11 bits per heavy atom. The molecule has 0 saturated heterocycles. The average Bonchev–Trinajstić information content (AvgIpc) is 2.36. The summed E-state index contributed by atoms with van der Waals surface area (Å²) < 4.78 is 0. The molecule has 1 nitrogen and oxygen atoms in total. The smallest absolute Gasteiger partial charge is 0.107 e. The minimum absolute atomic E-state index is 0.852. The molecule has 0 aliphatic carbocycles. The third kappa shape index (κ3) is 3.22. The van der Waals surface area contributed by atoms with Crippen LogP contribution in [0.2, 0.25) is 19.6 Å². The molecule has 0 spiro atoms. The van der Waals surface area contributed by atoms with Crippen LogP contribution in [0, 0.1) is 0 Å². The van der Waals surface area contributed by atoms with Gasteiger partial charge in [-0.3, -0.25) is 0 Å². The molecule has 0 bridgehead atoms. The molecule has 0 aliphatic rings. The van der Waals surface area contributed by atoms with E-state index in [4.69, 9.17) is 12.2 Å². The lowest BCUT2D eigenvalue weighted by Crippen LogP contribution is -2.27. The Morgan fingerprint density at radius 2 is 1.79 bits per heavy atom. The van der Waals surface area contributed by atoms with Gasteiger partial charge in [0.2, 0.25) is 0 Å². The minimum atomic E-state index is -1.16. The van der Waals surface area contributed by atoms with Crippen molar-refractivity contribution in [2.75, 3.05) is 7.05 Å². The first-order valence-electron chi connectivity index (χ1n) is 6.65. The summed E-state index contributed by atoms with van der Waals surface area (Å²) in [6.45, 7) is 7.19. The summed E-state index contributed by atoms with van der Waals surface area (Å²) in [4.78, 5) is 0.852. The van der Waals surface area contributed by atoms with Crippen molar-refractivity contribution in [1.82, 2.24) is 5.32 Å². The second-order valence-corrected chi connectivity index (χ2v) is 12.0. The van der Waals surface area contributed by atoms with Gasteiger partial charge in [-0.2, -0.15) is 0 Å². The zero-order chi connectivity index (χ0) is 14.0. The molecule has 0 aromatic heterocycles. The molecule has 0 atom stereocenters. The van der Waals surface area contributed by atoms with E-state index in [1.807, 2.05) is 7.05 Å². The van der Waals surface area contributed by atoms with Crippen molar-refractivity contribution in [3.63, 3.8) is 0 Å². The first-order valence-corrected chi connectivity index (χ1v) is 10.8. The number of fused-ring (bicyclic) bond motifs is 1. The lowest BCUT2D eigenvalue weighted by atomic mass is 9.99. The number of rotatable bonds is 3. The van der Waals surface area contributed by atoms with Crippen LogP contribution in [0.3, 0.4) is 0 Å². The van der Waals surface area contributed by atoms with Gasteiger partial charge in [0.15, 0.2) is 0 Å². The van der Waals surface area contributed by atoms with E-state index in [-0.39, 0.29) is 0 Å². The molecule has 100 valence electrons. The first kappa shape index (κ1) is 14.2. The van der Waals surface area contributed by atoms with E-state index in [0.29, 0.717) is 0 Å². The Kier molecular flexibility index (Phi) is 4.06. The molecular weight excluding hydrogens is 266 g/mol. The Hall–Kier alpha value is -1.19. The van der Waals surface area contributed by atoms with Gasteiger partial charge in [-0.1, -0.05) is 68.3 Å². The lowest BCUT2D eigenvalue weighted by Gasteiger charge is -2.20. The number of thiocarbonyl (C=S) groups is 1. The molecule has 3 heteroatoms. The van der Waals surface area contributed by atoms with E-state index in [0.717, 1.165) is 11.0 Å². The number of hydrogen-bond donors (Lipinski definition) is 1. The van der Waals surface area contributed by atoms with Crippen LogP contribution in [0.25, 0.3) is 10.8 Å². The van der Waals surface area contributed by atoms with E-state index >= 15 is 0 Å². The number of nitrogens with one attached hydrogen (secondary N) is 1. The zero-order valence-electron chi connectivity index (χ0n) is 12.1. The van der Waals surface area contributed by atoms with Crippen molar-refractivity contribution in [2.24, 2.45) is 0 Å². The Bertz CT molecular complexity index is 614. The normalized spacial score (nSPS) is 11.6. The molecule has 0 unspecified atom stereocenters. The second-order valence-electron chi connectivity index (χ2n) is 6.14. The summed E-state index contributed by atoms with van der Waals surface area (Å²) in [5.74, 6) is 0. The highest BCUT2D eigenvalue weighted by atomic mass is 32.1. The van der Waals surface area contributed by atoms with E-state index in [9.17, 15) is 0 Å². The van der Waals surface area contributed by atoms with Gasteiger partial charge in [0, 0.05) is 20.7 Å². The quantitative estimate of drug-likeness (QED) is 0.672. The van der Waals surface area contributed by atoms with Crippen LogP contribution in [0.1, 0.15) is 11.1 Å². The molecule has 19 heavy (non-hydrogen) atoms. The van der Waals surface area contributed by atoms with Crippen LogP contribution in [0.5, 0.6) is 0 Å². The van der Waals surface area contributed by atoms with Crippen molar-refractivity contribution < 1.29 is 0 Å². The number of benzene rings is 2. The number of hydrogen-bond acceptors (Lipinski definition) is 1. The highest BCUT2D eigenvalue weighted by molar-refractivity contribution is 7.80. The third-order valence-electron chi connectivity index (χ3n) is 3.19. The van der Waals surface area contributed by atoms with E-state index < -0.39 is 8.07 Å². The van der Waals surface area contributed by atoms with Crippen molar-refractivity contribution in [2.45, 2.75) is 25.7 Å². The Morgan fingerprint density at radius 3 is 2.42 bits per heavy atom. The molecule has 0 heterocycles. The van der Waals surface area contributed by atoms with Crippen LogP contribution in [0.4, 0.5) is 0 Å². The summed E-state index contributed by atoms with van der Waals surface area (Å²) >= 11 is 5.53. The van der Waals surface area contributed by atoms with Crippen molar-refractivity contribution in [1.29, 1.82) is 0 Å². The fraction of sp³-hybridized carbons (Fsp3) is 0.312. The van der Waals surface area contributed by atoms with Gasteiger partial charge < -0.3 is 5.32 Å². The predicted octanol–water partition coefficient (Wildman–Crippen LogP) is 4.15. The largest absolute Gasteiger partial charge is 0.379 e. The van der Waals surface area contributed by atoms with Crippen molar-refractivity contribution in [3.8, 4) is 0 Å². The third-order valence-corrected chi connectivity index (χ3v) is 5.04. The highest BCUT2D eigenvalue weighted by Gasteiger charge is 2.19. The molecule has 2 aromatic rings. The van der Waals surface area contributed by atoms with Crippen LogP contribution >= 0.6 is 12.2 Å². The molecule has 2 aromatic carbocycles. The Balaban J connectivity index is 2.66. The molecule has 1 N–H and O–H groups in total. The van der Waals surface area contributed by atoms with Crippen LogP contribution in [-0.4, -0.2) is 20.1 Å². The van der Waals surface area contributed by atoms with Crippen molar-refractivity contribution >= 4 is 36.1 Å². The van der Waals surface area contributed by atoms with Crippen LogP contribution in [0.15, 0.2) is 36.4 Å². The summed E-state index contributed by atoms with van der Waals surface area (Å²) in [6, 6.07) is 14.1. The standard InChI is InChI=1S/C16H21NSSi/c1-17-16(18)15-13(11-19(2,3)4)10-9-12-7-5-6-8-14(12)15/h5-10H,11H2,1-4H3,(H,17,18). The van der Waals surface area contributed by atoms with Gasteiger partial charge in [0.05, 0.1) is 0 Å². The molecule has 0 aliphatic heterocycles. The van der Waals surface area contributed by atoms with Gasteiger partial charge in [0.1, 0.15) is 4.99 Å². The maximum absolute atomic E-state index is 5.53. The van der Waals surface area contributed by atoms with Gasteiger partial charge >= 0.3 is 0 Å². The summed E-state index contributed by atoms with van der Waals surface area (Å²) in [5.41, 5.74) is 2.61. The van der Waals surface area contributed by atoms with E-state index in [1.54, 1.807) is 0 Å². The Labute approximate surface area is 122 Å². The monoisotopic (exact) mass is 287 g/mol. The summed E-state index contributed by atoms with van der Waals surface area (Å²) in [6.07, 6.45) is 0. The maximum atomic E-state index is 5.53. The average molecular weight is 288 g/mol. The van der Waals surface area contributed by atoms with E-state index in [2.05, 4.69) is 61.4 Å². The first-order chi connectivity index (χ1) is 8.92. The van der Waals surface area contributed by atoms with Crippen LogP contribution < -0.4 is 5.32 Å². The highest BCUT2D eigenvalue weighted by Crippen LogP contribution is 2.25. The summed E-state index contributed by atoms with van der Waals surface area (Å²) in [5, 5.41) is 5.67. The second kappa shape index (κ2) is 5.43. The molecule has 0 fully saturated rings. The van der Waals surface area contributed by atoms with E-state index in [1.165, 1.54) is 21.9 Å². The summed E-state index contributed by atoms with van der Waals surface area (Å²) in [7, 11) is 0.742. The zero-order valence-corrected chi connectivity index (χ0v) is 13.9. The molecule has 2 rings (SSSR count). The fourth-order valence-corrected chi connectivity index (χ4v) is 4.11.